The fourth-order valence-electron chi connectivity index (χ4n) is 2.19. The molecule has 0 amide bonds. The Bertz CT molecular complexity index is 601. The molecule has 2 rings (SSSR count). The van der Waals surface area contributed by atoms with Crippen LogP contribution < -0.4 is 0 Å². The van der Waals surface area contributed by atoms with Crippen LogP contribution in [0.25, 0.3) is 11.0 Å². The molecule has 0 spiro atoms. The number of carbonyl (C=O) groups is 1. The maximum absolute atomic E-state index is 11.5. The standard InChI is InChI=1S/C15H20N2O2/c1-5-19-15(18)8-12(4)17-9-16-13-6-10(2)11(3)7-14(13)17/h6-7,9,12H,5,8H2,1-4H3. The zero-order valence-electron chi connectivity index (χ0n) is 11.9. The van der Waals surface area contributed by atoms with Gasteiger partial charge in [0.1, 0.15) is 0 Å². The number of hydrogen-bond acceptors (Lipinski definition) is 3. The van der Waals surface area contributed by atoms with Crippen LogP contribution in [0, 0.1) is 13.8 Å². The van der Waals surface area contributed by atoms with E-state index in [4.69, 9.17) is 4.74 Å². The van der Waals surface area contributed by atoms with Gasteiger partial charge in [0, 0.05) is 6.04 Å². The highest BCUT2D eigenvalue weighted by Gasteiger charge is 2.14. The lowest BCUT2D eigenvalue weighted by Gasteiger charge is -2.14. The summed E-state index contributed by atoms with van der Waals surface area (Å²) in [7, 11) is 0. The number of esters is 1. The van der Waals surface area contributed by atoms with Crippen LogP contribution in [0.1, 0.15) is 37.4 Å². The van der Waals surface area contributed by atoms with E-state index in [2.05, 4.69) is 31.0 Å². The largest absolute Gasteiger partial charge is 0.466 e. The first-order valence-corrected chi connectivity index (χ1v) is 6.62. The van der Waals surface area contributed by atoms with Crippen LogP contribution in [0.2, 0.25) is 0 Å². The van der Waals surface area contributed by atoms with Crippen LogP contribution in [0.4, 0.5) is 0 Å². The van der Waals surface area contributed by atoms with Gasteiger partial charge in [-0.3, -0.25) is 4.79 Å². The molecule has 0 saturated heterocycles. The number of benzene rings is 1. The van der Waals surface area contributed by atoms with Gasteiger partial charge in [0.05, 0.1) is 30.4 Å². The average molecular weight is 260 g/mol. The first-order chi connectivity index (χ1) is 9.02. The van der Waals surface area contributed by atoms with Gasteiger partial charge in [-0.1, -0.05) is 0 Å². The number of nitrogens with zero attached hydrogens (tertiary/aromatic N) is 2. The fraction of sp³-hybridized carbons (Fsp3) is 0.467. The molecule has 1 aromatic heterocycles. The van der Waals surface area contributed by atoms with E-state index in [1.807, 2.05) is 18.4 Å². The van der Waals surface area contributed by atoms with Gasteiger partial charge in [-0.15, -0.1) is 0 Å². The van der Waals surface area contributed by atoms with Gasteiger partial charge < -0.3 is 9.30 Å². The smallest absolute Gasteiger partial charge is 0.307 e. The number of carbonyl (C=O) groups excluding carboxylic acids is 1. The summed E-state index contributed by atoms with van der Waals surface area (Å²) in [5.41, 5.74) is 4.51. The minimum atomic E-state index is -0.166. The Morgan fingerprint density at radius 1 is 1.37 bits per heavy atom. The second-order valence-corrected chi connectivity index (χ2v) is 4.94. The van der Waals surface area contributed by atoms with E-state index >= 15 is 0 Å². The molecule has 19 heavy (non-hydrogen) atoms. The van der Waals surface area contributed by atoms with Crippen molar-refractivity contribution >= 4 is 17.0 Å². The van der Waals surface area contributed by atoms with E-state index in [0.29, 0.717) is 13.0 Å². The maximum Gasteiger partial charge on any atom is 0.307 e. The van der Waals surface area contributed by atoms with Crippen molar-refractivity contribution in [2.75, 3.05) is 6.61 Å². The molecule has 1 aromatic carbocycles. The molecule has 0 bridgehead atoms. The zero-order chi connectivity index (χ0) is 14.0. The van der Waals surface area contributed by atoms with Crippen molar-refractivity contribution in [1.29, 1.82) is 0 Å². The molecule has 1 atom stereocenters. The molecule has 0 aliphatic carbocycles. The molecule has 4 nitrogen and oxygen atoms in total. The molecule has 1 unspecified atom stereocenters. The van der Waals surface area contributed by atoms with Gasteiger partial charge in [-0.2, -0.15) is 0 Å². The van der Waals surface area contributed by atoms with E-state index in [-0.39, 0.29) is 12.0 Å². The predicted octanol–water partition coefficient (Wildman–Crippen LogP) is 3.17. The van der Waals surface area contributed by atoms with Crippen molar-refractivity contribution in [3.05, 3.63) is 29.6 Å². The highest BCUT2D eigenvalue weighted by atomic mass is 16.5. The molecule has 0 fully saturated rings. The third-order valence-electron chi connectivity index (χ3n) is 3.43. The van der Waals surface area contributed by atoms with Gasteiger partial charge in [0.25, 0.3) is 0 Å². The van der Waals surface area contributed by atoms with E-state index in [0.717, 1.165) is 11.0 Å². The predicted molar refractivity (Wildman–Crippen MR) is 75.2 cm³/mol. The van der Waals surface area contributed by atoms with Crippen molar-refractivity contribution in [3.8, 4) is 0 Å². The molecule has 1 heterocycles. The lowest BCUT2D eigenvalue weighted by atomic mass is 10.1. The highest BCUT2D eigenvalue weighted by Crippen LogP contribution is 2.23. The van der Waals surface area contributed by atoms with Gasteiger partial charge in [-0.25, -0.2) is 4.98 Å². The zero-order valence-corrected chi connectivity index (χ0v) is 11.9. The van der Waals surface area contributed by atoms with Gasteiger partial charge in [-0.05, 0) is 51.0 Å². The van der Waals surface area contributed by atoms with Crippen molar-refractivity contribution in [3.63, 3.8) is 0 Å². The Hall–Kier alpha value is -1.84. The molecule has 102 valence electrons. The van der Waals surface area contributed by atoms with Crippen LogP contribution in [0.3, 0.4) is 0 Å². The Kier molecular flexibility index (Phi) is 3.88. The Morgan fingerprint density at radius 2 is 2.05 bits per heavy atom. The topological polar surface area (TPSA) is 44.1 Å². The number of aromatic nitrogens is 2. The minimum Gasteiger partial charge on any atom is -0.466 e. The second kappa shape index (κ2) is 5.43. The Labute approximate surface area is 113 Å². The summed E-state index contributed by atoms with van der Waals surface area (Å²) in [5, 5.41) is 0. The van der Waals surface area contributed by atoms with Crippen LogP contribution in [-0.2, 0) is 9.53 Å². The highest BCUT2D eigenvalue weighted by molar-refractivity contribution is 5.78. The third-order valence-corrected chi connectivity index (χ3v) is 3.43. The van der Waals surface area contributed by atoms with Crippen LogP contribution in [0.15, 0.2) is 18.5 Å². The lowest BCUT2D eigenvalue weighted by molar-refractivity contribution is -0.143. The third kappa shape index (κ3) is 2.78. The molecule has 0 saturated carbocycles. The van der Waals surface area contributed by atoms with Crippen molar-refractivity contribution in [2.24, 2.45) is 0 Å². The van der Waals surface area contributed by atoms with E-state index in [9.17, 15) is 4.79 Å². The number of fused-ring (bicyclic) bond motifs is 1. The van der Waals surface area contributed by atoms with Crippen molar-refractivity contribution < 1.29 is 9.53 Å². The fourth-order valence-corrected chi connectivity index (χ4v) is 2.19. The van der Waals surface area contributed by atoms with Crippen LogP contribution >= 0.6 is 0 Å². The number of rotatable bonds is 4. The van der Waals surface area contributed by atoms with E-state index in [1.165, 1.54) is 11.1 Å². The molecule has 2 aromatic rings. The maximum atomic E-state index is 11.5. The normalized spacial score (nSPS) is 12.6. The van der Waals surface area contributed by atoms with Crippen molar-refractivity contribution in [1.82, 2.24) is 9.55 Å². The summed E-state index contributed by atoms with van der Waals surface area (Å²) >= 11 is 0. The summed E-state index contributed by atoms with van der Waals surface area (Å²) in [4.78, 5) is 16.0. The van der Waals surface area contributed by atoms with Crippen LogP contribution in [-0.4, -0.2) is 22.1 Å². The van der Waals surface area contributed by atoms with Crippen LogP contribution in [0.5, 0.6) is 0 Å². The first kappa shape index (κ1) is 13.6. The Balaban J connectivity index is 2.30. The summed E-state index contributed by atoms with van der Waals surface area (Å²) < 4.78 is 7.03. The molecule has 0 radical (unpaired) electrons. The Morgan fingerprint density at radius 3 is 2.74 bits per heavy atom. The minimum absolute atomic E-state index is 0.0474. The monoisotopic (exact) mass is 260 g/mol. The SMILES string of the molecule is CCOC(=O)CC(C)n1cnc2cc(C)c(C)cc21. The average Bonchev–Trinajstić information content (AvgIpc) is 2.73. The molecular formula is C15H20N2O2. The molecule has 0 aliphatic heterocycles. The van der Waals surface area contributed by atoms with E-state index < -0.39 is 0 Å². The number of hydrogen-bond donors (Lipinski definition) is 0. The number of imidazole rings is 1. The number of aryl methyl sites for hydroxylation is 2. The summed E-state index contributed by atoms with van der Waals surface area (Å²) in [6, 6.07) is 4.25. The van der Waals surface area contributed by atoms with Gasteiger partial charge in [0.2, 0.25) is 0 Å². The quantitative estimate of drug-likeness (QED) is 0.793. The molecule has 0 aliphatic rings. The van der Waals surface area contributed by atoms with E-state index in [1.54, 1.807) is 6.33 Å². The van der Waals surface area contributed by atoms with Gasteiger partial charge >= 0.3 is 5.97 Å². The lowest BCUT2D eigenvalue weighted by Crippen LogP contribution is -2.12. The molecule has 0 N–H and O–H groups in total. The summed E-state index contributed by atoms with van der Waals surface area (Å²) in [5.74, 6) is -0.166. The summed E-state index contributed by atoms with van der Waals surface area (Å²) in [6.45, 7) is 8.42. The second-order valence-electron chi connectivity index (χ2n) is 4.94. The molecular weight excluding hydrogens is 240 g/mol. The van der Waals surface area contributed by atoms with Gasteiger partial charge in [0.15, 0.2) is 0 Å². The molecule has 4 heteroatoms. The van der Waals surface area contributed by atoms with Crippen molar-refractivity contribution in [2.45, 2.75) is 40.2 Å². The number of ether oxygens (including phenoxy) is 1. The first-order valence-electron chi connectivity index (χ1n) is 6.62. The summed E-state index contributed by atoms with van der Waals surface area (Å²) in [6.07, 6.45) is 2.17.